The van der Waals surface area contributed by atoms with E-state index in [-0.39, 0.29) is 6.10 Å². The molecule has 0 unspecified atom stereocenters. The molecule has 182 valence electrons. The highest BCUT2D eigenvalue weighted by Gasteiger charge is 2.54. The van der Waals surface area contributed by atoms with E-state index in [0.29, 0.717) is 0 Å². The van der Waals surface area contributed by atoms with Crippen molar-refractivity contribution in [2.75, 3.05) is 0 Å². The third-order valence-electron chi connectivity index (χ3n) is 6.68. The van der Waals surface area contributed by atoms with Crippen LogP contribution in [0.2, 0.25) is 0 Å². The van der Waals surface area contributed by atoms with Crippen molar-refractivity contribution < 1.29 is 9.47 Å². The average Bonchev–Trinajstić information content (AvgIpc) is 3.48. The Bertz CT molecular complexity index is 790. The molecule has 0 N–H and O–H groups in total. The molecule has 0 spiro atoms. The Balaban J connectivity index is 1.33. The summed E-state index contributed by atoms with van der Waals surface area (Å²) in [5.41, 5.74) is 2.24. The van der Waals surface area contributed by atoms with Crippen LogP contribution in [0.5, 0.6) is 5.75 Å². The molecule has 1 aliphatic rings. The van der Waals surface area contributed by atoms with E-state index in [0.717, 1.165) is 30.0 Å². The fourth-order valence-electron chi connectivity index (χ4n) is 4.40. The topological polar surface area (TPSA) is 47.5 Å². The Hall–Kier alpha value is -1.94. The van der Waals surface area contributed by atoms with E-state index in [9.17, 15) is 0 Å². The van der Waals surface area contributed by atoms with Gasteiger partial charge in [-0.2, -0.15) is 0 Å². The van der Waals surface area contributed by atoms with Crippen molar-refractivity contribution in [1.29, 1.82) is 0 Å². The Morgan fingerprint density at radius 3 is 1.97 bits per heavy atom. The Labute approximate surface area is 201 Å². The number of rotatable bonds is 17. The van der Waals surface area contributed by atoms with E-state index < -0.39 is 5.79 Å². The Morgan fingerprint density at radius 2 is 1.36 bits per heavy atom. The van der Waals surface area contributed by atoms with Gasteiger partial charge in [-0.15, -0.1) is 0 Å². The number of ether oxygens (including phenoxy) is 2. The van der Waals surface area contributed by atoms with Gasteiger partial charge in [0, 0.05) is 24.9 Å². The SMILES string of the molecule is CCCCCCCCCCCCc1cnc(-c2ccc(O[C@]3(C)O[C@H]3CCCC)cc2)nc1. The minimum Gasteiger partial charge on any atom is -0.460 e. The Morgan fingerprint density at radius 1 is 0.788 bits per heavy atom. The molecule has 1 aliphatic heterocycles. The van der Waals surface area contributed by atoms with Crippen molar-refractivity contribution in [2.24, 2.45) is 0 Å². The zero-order valence-corrected chi connectivity index (χ0v) is 21.2. The molecule has 2 heterocycles. The van der Waals surface area contributed by atoms with Crippen LogP contribution in [0.4, 0.5) is 0 Å². The highest BCUT2D eigenvalue weighted by atomic mass is 16.8. The lowest BCUT2D eigenvalue weighted by Crippen LogP contribution is -2.18. The van der Waals surface area contributed by atoms with Gasteiger partial charge in [0.05, 0.1) is 0 Å². The number of hydrogen-bond donors (Lipinski definition) is 0. The predicted molar refractivity (Wildman–Crippen MR) is 136 cm³/mol. The molecular formula is C29H44N2O2. The van der Waals surface area contributed by atoms with Crippen LogP contribution in [-0.2, 0) is 11.2 Å². The van der Waals surface area contributed by atoms with Crippen LogP contribution in [-0.4, -0.2) is 21.9 Å². The molecule has 4 heteroatoms. The third-order valence-corrected chi connectivity index (χ3v) is 6.68. The molecule has 1 aromatic heterocycles. The second-order valence-corrected chi connectivity index (χ2v) is 9.74. The molecule has 2 aromatic rings. The van der Waals surface area contributed by atoms with E-state index in [1.54, 1.807) is 0 Å². The summed E-state index contributed by atoms with van der Waals surface area (Å²) < 4.78 is 11.8. The molecule has 0 bridgehead atoms. The fraction of sp³-hybridized carbons (Fsp3) is 0.655. The van der Waals surface area contributed by atoms with Crippen LogP contribution >= 0.6 is 0 Å². The zero-order chi connectivity index (χ0) is 23.4. The lowest BCUT2D eigenvalue weighted by Gasteiger charge is -2.11. The van der Waals surface area contributed by atoms with Crippen LogP contribution in [0.15, 0.2) is 36.7 Å². The number of epoxide rings is 1. The van der Waals surface area contributed by atoms with Gasteiger partial charge in [-0.1, -0.05) is 84.5 Å². The number of aryl methyl sites for hydroxylation is 1. The van der Waals surface area contributed by atoms with E-state index in [2.05, 4.69) is 23.8 Å². The first-order valence-electron chi connectivity index (χ1n) is 13.4. The monoisotopic (exact) mass is 452 g/mol. The minimum absolute atomic E-state index is 0.212. The maximum Gasteiger partial charge on any atom is 0.234 e. The molecule has 33 heavy (non-hydrogen) atoms. The second-order valence-electron chi connectivity index (χ2n) is 9.74. The molecule has 0 amide bonds. The maximum absolute atomic E-state index is 6.07. The standard InChI is InChI=1S/C29H44N2O2/c1-4-6-8-9-10-11-12-13-14-15-16-24-22-30-28(31-23-24)25-18-20-26(21-19-25)32-29(3)27(33-29)17-7-5-2/h18-23,27H,4-17H2,1-3H3/t27-,29+/m0/s1. The third kappa shape index (κ3) is 8.73. The van der Waals surface area contributed by atoms with Crippen LogP contribution in [0.1, 0.15) is 110 Å². The van der Waals surface area contributed by atoms with Crippen LogP contribution < -0.4 is 4.74 Å². The van der Waals surface area contributed by atoms with Gasteiger partial charge in [0.1, 0.15) is 11.9 Å². The Kier molecular flexibility index (Phi) is 10.7. The minimum atomic E-state index is -0.469. The summed E-state index contributed by atoms with van der Waals surface area (Å²) in [5.74, 6) is 1.13. The zero-order valence-electron chi connectivity index (χ0n) is 21.2. The summed E-state index contributed by atoms with van der Waals surface area (Å²) in [7, 11) is 0. The van der Waals surface area contributed by atoms with Crippen molar-refractivity contribution in [2.45, 2.75) is 123 Å². The van der Waals surface area contributed by atoms with Gasteiger partial charge in [-0.3, -0.25) is 0 Å². The molecule has 1 aromatic carbocycles. The van der Waals surface area contributed by atoms with E-state index in [1.807, 2.05) is 43.6 Å². The van der Waals surface area contributed by atoms with Crippen LogP contribution in [0.3, 0.4) is 0 Å². The molecule has 0 saturated carbocycles. The summed E-state index contributed by atoms with van der Waals surface area (Å²) in [6.07, 6.45) is 22.3. The first-order valence-corrected chi connectivity index (χ1v) is 13.4. The van der Waals surface area contributed by atoms with Crippen molar-refractivity contribution >= 4 is 0 Å². The summed E-state index contributed by atoms with van der Waals surface area (Å²) in [6, 6.07) is 8.03. The van der Waals surface area contributed by atoms with Crippen molar-refractivity contribution in [3.8, 4) is 17.1 Å². The molecule has 3 rings (SSSR count). The lowest BCUT2D eigenvalue weighted by atomic mass is 10.0. The second kappa shape index (κ2) is 13.7. The summed E-state index contributed by atoms with van der Waals surface area (Å²) in [4.78, 5) is 9.20. The number of hydrogen-bond acceptors (Lipinski definition) is 4. The molecule has 4 nitrogen and oxygen atoms in total. The first kappa shape index (κ1) is 25.7. The maximum atomic E-state index is 6.07. The number of nitrogens with zero attached hydrogens (tertiary/aromatic N) is 2. The predicted octanol–water partition coefficient (Wildman–Crippen LogP) is 8.29. The highest BCUT2D eigenvalue weighted by molar-refractivity contribution is 5.56. The summed E-state index contributed by atoms with van der Waals surface area (Å²) in [6.45, 7) is 6.50. The van der Waals surface area contributed by atoms with Gasteiger partial charge in [-0.25, -0.2) is 9.97 Å². The van der Waals surface area contributed by atoms with Gasteiger partial charge < -0.3 is 9.47 Å². The number of benzene rings is 1. The van der Waals surface area contributed by atoms with Crippen LogP contribution in [0, 0.1) is 0 Å². The number of unbranched alkanes of at least 4 members (excludes halogenated alkanes) is 10. The molecule has 1 fully saturated rings. The van der Waals surface area contributed by atoms with Gasteiger partial charge in [0.2, 0.25) is 5.79 Å². The number of aromatic nitrogens is 2. The van der Waals surface area contributed by atoms with E-state index >= 15 is 0 Å². The van der Waals surface area contributed by atoms with Crippen molar-refractivity contribution in [3.63, 3.8) is 0 Å². The van der Waals surface area contributed by atoms with E-state index in [1.165, 1.54) is 82.6 Å². The lowest BCUT2D eigenvalue weighted by molar-refractivity contribution is 0.0803. The molecule has 0 radical (unpaired) electrons. The normalized spacial score (nSPS) is 19.5. The van der Waals surface area contributed by atoms with Gasteiger partial charge in [0.15, 0.2) is 5.82 Å². The largest absolute Gasteiger partial charge is 0.460 e. The summed E-state index contributed by atoms with van der Waals surface area (Å²) >= 11 is 0. The molecule has 2 atom stereocenters. The van der Waals surface area contributed by atoms with E-state index in [4.69, 9.17) is 9.47 Å². The smallest absolute Gasteiger partial charge is 0.234 e. The van der Waals surface area contributed by atoms with Gasteiger partial charge >= 0.3 is 0 Å². The molecule has 0 aliphatic carbocycles. The highest BCUT2D eigenvalue weighted by Crippen LogP contribution is 2.41. The van der Waals surface area contributed by atoms with Crippen molar-refractivity contribution in [3.05, 3.63) is 42.2 Å². The summed E-state index contributed by atoms with van der Waals surface area (Å²) in [5, 5.41) is 0. The van der Waals surface area contributed by atoms with Gasteiger partial charge in [-0.05, 0) is 49.1 Å². The van der Waals surface area contributed by atoms with Crippen LogP contribution in [0.25, 0.3) is 11.4 Å². The average molecular weight is 453 g/mol. The molecular weight excluding hydrogens is 408 g/mol. The quantitative estimate of drug-likeness (QED) is 0.179. The van der Waals surface area contributed by atoms with Gasteiger partial charge in [0.25, 0.3) is 0 Å². The fourth-order valence-corrected chi connectivity index (χ4v) is 4.40. The molecule has 1 saturated heterocycles. The first-order chi connectivity index (χ1) is 16.1. The van der Waals surface area contributed by atoms with Crippen molar-refractivity contribution in [1.82, 2.24) is 9.97 Å².